The summed E-state index contributed by atoms with van der Waals surface area (Å²) in [7, 11) is 1.24. The Balaban J connectivity index is 1.79. The van der Waals surface area contributed by atoms with Gasteiger partial charge in [0.05, 0.1) is 17.5 Å². The lowest BCUT2D eigenvalue weighted by Crippen LogP contribution is -2.56. The molecule has 226 valence electrons. The smallest absolute Gasteiger partial charge is 0.409 e. The number of amides is 3. The van der Waals surface area contributed by atoms with Crippen LogP contribution >= 0.6 is 11.3 Å². The molecule has 0 saturated carbocycles. The fourth-order valence-corrected chi connectivity index (χ4v) is 4.98. The summed E-state index contributed by atoms with van der Waals surface area (Å²) in [5, 5.41) is 20.1. The third-order valence-corrected chi connectivity index (χ3v) is 7.41. The van der Waals surface area contributed by atoms with Crippen molar-refractivity contribution in [2.24, 2.45) is 5.41 Å². The minimum Gasteiger partial charge on any atom is -0.453 e. The van der Waals surface area contributed by atoms with Gasteiger partial charge in [-0.1, -0.05) is 81.4 Å². The number of carbonyl (C=O) groups is 3. The number of nitrogens with one attached hydrogen (secondary N) is 3. The Morgan fingerprint density at radius 1 is 0.952 bits per heavy atom. The normalized spacial score (nSPS) is 14.1. The number of nitrogens with zero attached hydrogens (tertiary/aromatic N) is 1. The molecule has 0 saturated heterocycles. The van der Waals surface area contributed by atoms with Crippen molar-refractivity contribution < 1.29 is 29.0 Å². The molecule has 3 rings (SSSR count). The summed E-state index contributed by atoms with van der Waals surface area (Å²) in [4.78, 5) is 43.0. The predicted molar refractivity (Wildman–Crippen MR) is 161 cm³/mol. The molecule has 0 aliphatic heterocycles. The molecule has 3 atom stereocenters. The van der Waals surface area contributed by atoms with Crippen LogP contribution in [-0.2, 0) is 33.7 Å². The molecule has 3 aromatic rings. The average molecular weight is 597 g/mol. The first-order valence-corrected chi connectivity index (χ1v) is 14.6. The van der Waals surface area contributed by atoms with Crippen LogP contribution in [0.3, 0.4) is 0 Å². The van der Waals surface area contributed by atoms with E-state index in [1.54, 1.807) is 11.7 Å². The molecule has 0 bridgehead atoms. The van der Waals surface area contributed by atoms with Crippen molar-refractivity contribution in [2.75, 3.05) is 7.11 Å². The second-order valence-electron chi connectivity index (χ2n) is 11.2. The van der Waals surface area contributed by atoms with Crippen molar-refractivity contribution in [2.45, 2.75) is 70.9 Å². The summed E-state index contributed by atoms with van der Waals surface area (Å²) in [6.07, 6.45) is 1.17. The van der Waals surface area contributed by atoms with Crippen molar-refractivity contribution in [1.82, 2.24) is 20.9 Å². The van der Waals surface area contributed by atoms with Crippen molar-refractivity contribution >= 4 is 29.4 Å². The molecule has 10 nitrogen and oxygen atoms in total. The molecule has 11 heteroatoms. The number of carbonyl (C=O) groups excluding carboxylic acids is 3. The fraction of sp³-hybridized carbons (Fsp3) is 0.419. The predicted octanol–water partition coefficient (Wildman–Crippen LogP) is 4.58. The minimum atomic E-state index is -1.67. The van der Waals surface area contributed by atoms with E-state index in [9.17, 15) is 19.5 Å². The highest BCUT2D eigenvalue weighted by atomic mass is 32.1. The zero-order chi connectivity index (χ0) is 30.6. The monoisotopic (exact) mass is 596 g/mol. The number of aliphatic hydroxyl groups is 1. The van der Waals surface area contributed by atoms with Crippen LogP contribution in [0.1, 0.15) is 49.6 Å². The van der Waals surface area contributed by atoms with Gasteiger partial charge in [-0.15, -0.1) is 11.3 Å². The Bertz CT molecular complexity index is 1270. The van der Waals surface area contributed by atoms with E-state index in [0.29, 0.717) is 12.8 Å². The topological polar surface area (TPSA) is 139 Å². The molecular weight excluding hydrogens is 556 g/mol. The summed E-state index contributed by atoms with van der Waals surface area (Å²) in [6, 6.07) is 17.7. The molecule has 3 amide bonds. The molecule has 1 heterocycles. The Morgan fingerprint density at radius 3 is 2.17 bits per heavy atom. The number of rotatable bonds is 13. The molecule has 0 aliphatic rings. The van der Waals surface area contributed by atoms with Gasteiger partial charge in [-0.25, -0.2) is 9.59 Å². The Morgan fingerprint density at radius 2 is 1.60 bits per heavy atom. The highest BCUT2D eigenvalue weighted by molar-refractivity contribution is 7.09. The summed E-state index contributed by atoms with van der Waals surface area (Å²) in [5.74, 6) is -0.377. The van der Waals surface area contributed by atoms with Gasteiger partial charge in [0.2, 0.25) is 5.91 Å². The molecule has 0 unspecified atom stereocenters. The number of benzene rings is 2. The third kappa shape index (κ3) is 10.8. The molecule has 0 aliphatic carbocycles. The van der Waals surface area contributed by atoms with E-state index in [-0.39, 0.29) is 25.4 Å². The van der Waals surface area contributed by atoms with Crippen LogP contribution in [0.25, 0.3) is 0 Å². The first-order valence-electron chi connectivity index (χ1n) is 13.7. The van der Waals surface area contributed by atoms with Crippen LogP contribution in [0.15, 0.2) is 72.4 Å². The van der Waals surface area contributed by atoms with E-state index in [2.05, 4.69) is 20.9 Å². The summed E-state index contributed by atoms with van der Waals surface area (Å²) >= 11 is 1.36. The quantitative estimate of drug-likeness (QED) is 0.212. The van der Waals surface area contributed by atoms with Gasteiger partial charge < -0.3 is 25.2 Å². The lowest BCUT2D eigenvalue weighted by molar-refractivity contribution is -0.126. The van der Waals surface area contributed by atoms with Crippen LogP contribution in [-0.4, -0.2) is 53.1 Å². The first-order chi connectivity index (χ1) is 20.0. The summed E-state index contributed by atoms with van der Waals surface area (Å²) in [6.45, 7) is 5.57. The van der Waals surface area contributed by atoms with Crippen molar-refractivity contribution in [3.8, 4) is 0 Å². The number of ether oxygens (including phenoxy) is 2. The van der Waals surface area contributed by atoms with Crippen LogP contribution in [0.2, 0.25) is 0 Å². The molecule has 0 fully saturated rings. The molecule has 0 spiro atoms. The zero-order valence-electron chi connectivity index (χ0n) is 24.5. The summed E-state index contributed by atoms with van der Waals surface area (Å²) in [5.41, 5.74) is 1.18. The maximum atomic E-state index is 13.5. The third-order valence-electron chi connectivity index (χ3n) is 6.66. The molecular formula is C31H40N4O6S. The SMILES string of the molecule is COC(=O)N[C@H](C(=O)N[C@@H](CC[C@](O)(Cc1ccccc1)NC(=O)OCc1cncs1)Cc1ccccc1)C(C)(C)C. The van der Waals surface area contributed by atoms with Gasteiger partial charge in [0, 0.05) is 18.7 Å². The van der Waals surface area contributed by atoms with E-state index < -0.39 is 35.4 Å². The maximum absolute atomic E-state index is 13.5. The van der Waals surface area contributed by atoms with Crippen LogP contribution < -0.4 is 16.0 Å². The van der Waals surface area contributed by atoms with Gasteiger partial charge in [0.15, 0.2) is 0 Å². The van der Waals surface area contributed by atoms with E-state index in [4.69, 9.17) is 9.47 Å². The van der Waals surface area contributed by atoms with Crippen molar-refractivity contribution in [1.29, 1.82) is 0 Å². The van der Waals surface area contributed by atoms with Gasteiger partial charge in [-0.3, -0.25) is 15.1 Å². The highest BCUT2D eigenvalue weighted by Crippen LogP contribution is 2.23. The Kier molecular flexibility index (Phi) is 11.9. The number of methoxy groups -OCH3 is 1. The highest BCUT2D eigenvalue weighted by Gasteiger charge is 2.36. The number of hydrogen-bond donors (Lipinski definition) is 4. The Hall–Kier alpha value is -3.96. The molecule has 2 aromatic carbocycles. The van der Waals surface area contributed by atoms with E-state index in [1.807, 2.05) is 81.4 Å². The second kappa shape index (κ2) is 15.3. The number of alkyl carbamates (subject to hydrolysis) is 2. The van der Waals surface area contributed by atoms with Crippen LogP contribution in [0, 0.1) is 5.41 Å². The van der Waals surface area contributed by atoms with E-state index >= 15 is 0 Å². The van der Waals surface area contributed by atoms with Gasteiger partial charge >= 0.3 is 12.2 Å². The standard InChI is InChI=1S/C31H40N4O6S/c1-30(2,3)26(34-28(37)40-4)27(36)33-24(17-22-11-7-5-8-12-22)15-16-31(39,18-23-13-9-6-10-14-23)35-29(38)41-20-25-19-32-21-42-25/h5-14,19,21,24,26,39H,15-18,20H2,1-4H3,(H,33,36)(H,34,37)(H,35,38)/t24-,26+,31-/m0/s1. The number of hydrogen-bond acceptors (Lipinski definition) is 8. The van der Waals surface area contributed by atoms with Gasteiger partial charge in [-0.05, 0) is 35.8 Å². The van der Waals surface area contributed by atoms with Crippen molar-refractivity contribution in [3.05, 3.63) is 88.4 Å². The lowest BCUT2D eigenvalue weighted by atomic mass is 9.85. The van der Waals surface area contributed by atoms with E-state index in [1.165, 1.54) is 18.4 Å². The van der Waals surface area contributed by atoms with Crippen LogP contribution in [0.5, 0.6) is 0 Å². The average Bonchev–Trinajstić information content (AvgIpc) is 3.48. The van der Waals surface area contributed by atoms with Gasteiger partial charge in [-0.2, -0.15) is 0 Å². The van der Waals surface area contributed by atoms with Gasteiger partial charge in [0.1, 0.15) is 18.4 Å². The largest absolute Gasteiger partial charge is 0.453 e. The Labute approximate surface area is 250 Å². The van der Waals surface area contributed by atoms with E-state index in [0.717, 1.165) is 16.0 Å². The zero-order valence-corrected chi connectivity index (χ0v) is 25.3. The lowest BCUT2D eigenvalue weighted by Gasteiger charge is -2.33. The molecule has 1 aromatic heterocycles. The first kappa shape index (κ1) is 32.6. The molecule has 0 radical (unpaired) electrons. The molecule has 42 heavy (non-hydrogen) atoms. The fourth-order valence-electron chi connectivity index (χ4n) is 4.48. The molecule has 4 N–H and O–H groups in total. The minimum absolute atomic E-state index is 0.0337. The maximum Gasteiger partial charge on any atom is 0.409 e. The van der Waals surface area contributed by atoms with Crippen molar-refractivity contribution in [3.63, 3.8) is 0 Å². The summed E-state index contributed by atoms with van der Waals surface area (Å²) < 4.78 is 10.1. The van der Waals surface area contributed by atoms with Crippen LogP contribution in [0.4, 0.5) is 9.59 Å². The number of thiazole rings is 1. The second-order valence-corrected chi connectivity index (χ2v) is 12.2. The van der Waals surface area contributed by atoms with Gasteiger partial charge in [0.25, 0.3) is 0 Å². The number of aromatic nitrogens is 1.